The molecule has 2 aliphatic rings. The first-order valence-electron chi connectivity index (χ1n) is 9.26. The van der Waals surface area contributed by atoms with Gasteiger partial charge in [-0.1, -0.05) is 25.3 Å². The van der Waals surface area contributed by atoms with Gasteiger partial charge >= 0.3 is 0 Å². The zero-order valence-electron chi connectivity index (χ0n) is 15.2. The van der Waals surface area contributed by atoms with E-state index < -0.39 is 0 Å². The Hall–Kier alpha value is -1.61. The lowest BCUT2D eigenvalue weighted by Gasteiger charge is -2.36. The number of ketones is 1. The van der Waals surface area contributed by atoms with Crippen molar-refractivity contribution in [2.24, 2.45) is 11.7 Å². The first-order chi connectivity index (χ1) is 11.4. The topological polar surface area (TPSA) is 55.1 Å². The number of nitrogens with one attached hydrogen (secondary N) is 1. The lowest BCUT2D eigenvalue weighted by molar-refractivity contribution is -0.119. The van der Waals surface area contributed by atoms with Crippen molar-refractivity contribution in [1.82, 2.24) is 5.32 Å². The molecule has 1 aliphatic heterocycles. The molecule has 0 radical (unpaired) electrons. The summed E-state index contributed by atoms with van der Waals surface area (Å²) in [5.74, 6) is 0.497. The van der Waals surface area contributed by atoms with Crippen LogP contribution in [0.15, 0.2) is 18.2 Å². The van der Waals surface area contributed by atoms with Crippen LogP contribution in [0.5, 0.6) is 0 Å². The van der Waals surface area contributed by atoms with Crippen molar-refractivity contribution in [2.45, 2.75) is 71.4 Å². The number of allylic oxidation sites excluding steroid dienone is 1. The molecule has 3 N–H and O–H groups in total. The Bertz CT molecular complexity index is 667. The van der Waals surface area contributed by atoms with E-state index in [1.165, 1.54) is 30.4 Å². The van der Waals surface area contributed by atoms with Crippen LogP contribution in [0.3, 0.4) is 0 Å². The molecule has 3 rings (SSSR count). The number of nitrogens with two attached hydrogens (primary N) is 1. The summed E-state index contributed by atoms with van der Waals surface area (Å²) >= 11 is 0. The maximum Gasteiger partial charge on any atom is 0.160 e. The van der Waals surface area contributed by atoms with Crippen LogP contribution in [-0.4, -0.2) is 11.3 Å². The third-order valence-electron chi connectivity index (χ3n) is 5.47. The molecule has 3 heteroatoms. The number of benzene rings is 1. The second-order valence-corrected chi connectivity index (χ2v) is 8.12. The van der Waals surface area contributed by atoms with Gasteiger partial charge in [-0.25, -0.2) is 0 Å². The smallest absolute Gasteiger partial charge is 0.160 e. The number of carbonyl (C=O) groups excluding carboxylic acids is 1. The minimum absolute atomic E-state index is 0.0393. The Morgan fingerprint density at radius 2 is 2.00 bits per heavy atom. The van der Waals surface area contributed by atoms with Crippen molar-refractivity contribution in [3.05, 3.63) is 40.5 Å². The fourth-order valence-electron chi connectivity index (χ4n) is 4.14. The summed E-state index contributed by atoms with van der Waals surface area (Å²) in [7, 11) is 0. The quantitative estimate of drug-likeness (QED) is 0.829. The summed E-state index contributed by atoms with van der Waals surface area (Å²) in [5, 5.41) is 3.59. The molecular formula is C21H30N2O. The predicted octanol–water partition coefficient (Wildman–Crippen LogP) is 3.87. The first kappa shape index (κ1) is 17.2. The van der Waals surface area contributed by atoms with Crippen molar-refractivity contribution in [3.63, 3.8) is 0 Å². The van der Waals surface area contributed by atoms with E-state index in [1.807, 2.05) is 6.08 Å². The van der Waals surface area contributed by atoms with Gasteiger partial charge in [0.25, 0.3) is 0 Å². The van der Waals surface area contributed by atoms with Gasteiger partial charge in [-0.2, -0.15) is 0 Å². The highest BCUT2D eigenvalue weighted by Gasteiger charge is 2.29. The van der Waals surface area contributed by atoms with Crippen LogP contribution in [0.25, 0.3) is 5.70 Å². The van der Waals surface area contributed by atoms with Crippen LogP contribution in [0.2, 0.25) is 0 Å². The van der Waals surface area contributed by atoms with E-state index in [0.29, 0.717) is 6.54 Å². The molecule has 0 unspecified atom stereocenters. The summed E-state index contributed by atoms with van der Waals surface area (Å²) in [5.41, 5.74) is 11.7. The summed E-state index contributed by atoms with van der Waals surface area (Å²) in [6.45, 7) is 7.04. The molecule has 24 heavy (non-hydrogen) atoms. The fraction of sp³-hybridized carbons (Fsp3) is 0.571. The van der Waals surface area contributed by atoms with Crippen LogP contribution in [0, 0.1) is 12.8 Å². The van der Waals surface area contributed by atoms with E-state index in [0.717, 1.165) is 36.1 Å². The largest absolute Gasteiger partial charge is 0.379 e. The summed E-state index contributed by atoms with van der Waals surface area (Å²) < 4.78 is 0. The highest BCUT2D eigenvalue weighted by Crippen LogP contribution is 2.33. The molecule has 1 saturated carbocycles. The van der Waals surface area contributed by atoms with Crippen LogP contribution >= 0.6 is 0 Å². The van der Waals surface area contributed by atoms with Crippen molar-refractivity contribution >= 4 is 11.5 Å². The lowest BCUT2D eigenvalue weighted by Crippen LogP contribution is -2.44. The molecule has 0 bridgehead atoms. The third kappa shape index (κ3) is 3.56. The van der Waals surface area contributed by atoms with E-state index >= 15 is 0 Å². The Morgan fingerprint density at radius 1 is 1.29 bits per heavy atom. The predicted molar refractivity (Wildman–Crippen MR) is 99.5 cm³/mol. The molecule has 0 saturated heterocycles. The van der Waals surface area contributed by atoms with Gasteiger partial charge in [0.15, 0.2) is 5.78 Å². The SMILES string of the molecule is Cc1cc2c(cc1CN)C(=CC(=O)C1CCCCC1)NC(C)(C)C2. The van der Waals surface area contributed by atoms with E-state index in [9.17, 15) is 4.79 Å². The molecule has 3 nitrogen and oxygen atoms in total. The second-order valence-electron chi connectivity index (χ2n) is 8.12. The Kier molecular flexibility index (Phi) is 4.82. The number of fused-ring (bicyclic) bond motifs is 1. The summed E-state index contributed by atoms with van der Waals surface area (Å²) in [4.78, 5) is 12.8. The van der Waals surface area contributed by atoms with Gasteiger partial charge in [0.2, 0.25) is 0 Å². The van der Waals surface area contributed by atoms with Crippen molar-refractivity contribution in [2.75, 3.05) is 0 Å². The summed E-state index contributed by atoms with van der Waals surface area (Å²) in [6.07, 6.45) is 8.56. The fourth-order valence-corrected chi connectivity index (χ4v) is 4.14. The average molecular weight is 326 g/mol. The minimum atomic E-state index is -0.0393. The molecular weight excluding hydrogens is 296 g/mol. The Balaban J connectivity index is 1.98. The highest BCUT2D eigenvalue weighted by molar-refractivity contribution is 5.98. The van der Waals surface area contributed by atoms with Crippen molar-refractivity contribution in [1.29, 1.82) is 0 Å². The molecule has 1 aromatic carbocycles. The molecule has 130 valence electrons. The van der Waals surface area contributed by atoms with Gasteiger partial charge in [0.05, 0.1) is 0 Å². The first-order valence-corrected chi connectivity index (χ1v) is 9.26. The van der Waals surface area contributed by atoms with Gasteiger partial charge in [-0.3, -0.25) is 4.79 Å². The number of aryl methyl sites for hydroxylation is 1. The van der Waals surface area contributed by atoms with Crippen molar-refractivity contribution in [3.8, 4) is 0 Å². The number of carbonyl (C=O) groups is 1. The molecule has 1 heterocycles. The van der Waals surface area contributed by atoms with E-state index in [1.54, 1.807) is 0 Å². The van der Waals surface area contributed by atoms with Gasteiger partial charge in [-0.05, 0) is 62.8 Å². The van der Waals surface area contributed by atoms with Gasteiger partial charge in [0.1, 0.15) is 0 Å². The normalized spacial score (nSPS) is 22.1. The Labute approximate surface area is 145 Å². The third-order valence-corrected chi connectivity index (χ3v) is 5.47. The molecule has 0 aromatic heterocycles. The monoisotopic (exact) mass is 326 g/mol. The zero-order valence-corrected chi connectivity index (χ0v) is 15.2. The number of hydrogen-bond donors (Lipinski definition) is 2. The number of rotatable bonds is 3. The molecule has 0 atom stereocenters. The van der Waals surface area contributed by atoms with Crippen LogP contribution in [0.1, 0.15) is 68.2 Å². The second kappa shape index (κ2) is 6.72. The molecule has 0 amide bonds. The summed E-state index contributed by atoms with van der Waals surface area (Å²) in [6, 6.07) is 4.42. The highest BCUT2D eigenvalue weighted by atomic mass is 16.1. The minimum Gasteiger partial charge on any atom is -0.379 e. The van der Waals surface area contributed by atoms with E-state index in [-0.39, 0.29) is 17.2 Å². The molecule has 1 aliphatic carbocycles. The van der Waals surface area contributed by atoms with E-state index in [2.05, 4.69) is 38.2 Å². The van der Waals surface area contributed by atoms with E-state index in [4.69, 9.17) is 5.73 Å². The lowest BCUT2D eigenvalue weighted by atomic mass is 9.82. The zero-order chi connectivity index (χ0) is 17.3. The maximum atomic E-state index is 12.8. The van der Waals surface area contributed by atoms with Crippen LogP contribution in [0.4, 0.5) is 0 Å². The number of hydrogen-bond acceptors (Lipinski definition) is 3. The molecule has 1 fully saturated rings. The van der Waals surface area contributed by atoms with Crippen molar-refractivity contribution < 1.29 is 4.79 Å². The Morgan fingerprint density at radius 3 is 2.67 bits per heavy atom. The van der Waals surface area contributed by atoms with Gasteiger partial charge in [-0.15, -0.1) is 0 Å². The standard InChI is InChI=1S/C21H30N2O/c1-14-9-16-12-21(2,3)23-19(18(16)10-17(14)13-22)11-20(24)15-7-5-4-6-8-15/h9-11,15,23H,4-8,12-13,22H2,1-3H3. The van der Waals surface area contributed by atoms with Gasteiger partial charge in [0, 0.05) is 35.3 Å². The molecule has 1 aromatic rings. The van der Waals surface area contributed by atoms with Crippen LogP contribution in [-0.2, 0) is 17.8 Å². The molecule has 0 spiro atoms. The maximum absolute atomic E-state index is 12.8. The average Bonchev–Trinajstić information content (AvgIpc) is 2.54. The van der Waals surface area contributed by atoms with Crippen LogP contribution < -0.4 is 11.1 Å². The van der Waals surface area contributed by atoms with Gasteiger partial charge < -0.3 is 11.1 Å².